The van der Waals surface area contributed by atoms with Gasteiger partial charge in [-0.05, 0) is 49.1 Å². The van der Waals surface area contributed by atoms with Crippen LogP contribution in [0, 0.1) is 0 Å². The summed E-state index contributed by atoms with van der Waals surface area (Å²) in [5, 5.41) is 22.9. The van der Waals surface area contributed by atoms with E-state index in [4.69, 9.17) is 4.98 Å². The average molecular weight is 391 g/mol. The molecule has 1 aromatic heterocycles. The Bertz CT molecular complexity index is 1000. The highest BCUT2D eigenvalue weighted by Gasteiger charge is 2.26. The summed E-state index contributed by atoms with van der Waals surface area (Å²) in [7, 11) is 0. The maximum atomic E-state index is 13.0. The molecule has 1 aliphatic rings. The number of amides is 1. The van der Waals surface area contributed by atoms with Crippen molar-refractivity contribution < 1.29 is 15.0 Å². The first-order valence-corrected chi connectivity index (χ1v) is 9.99. The number of aliphatic hydroxyl groups is 1. The van der Waals surface area contributed by atoms with Gasteiger partial charge in [0.15, 0.2) is 0 Å². The van der Waals surface area contributed by atoms with Crippen LogP contribution in [0.15, 0.2) is 54.6 Å². The lowest BCUT2D eigenvalue weighted by Crippen LogP contribution is -2.33. The Morgan fingerprint density at radius 2 is 1.97 bits per heavy atom. The molecule has 2 aromatic carbocycles. The number of nitrogens with zero attached hydrogens (tertiary/aromatic N) is 2. The summed E-state index contributed by atoms with van der Waals surface area (Å²) >= 11 is 0. The summed E-state index contributed by atoms with van der Waals surface area (Å²) in [4.78, 5) is 19.8. The normalized spacial score (nSPS) is 16.3. The zero-order valence-electron chi connectivity index (χ0n) is 16.2. The molecule has 6 heteroatoms. The number of rotatable bonds is 6. The number of aromatic hydroxyl groups is 1. The van der Waals surface area contributed by atoms with Crippen LogP contribution in [0.3, 0.4) is 0 Å². The summed E-state index contributed by atoms with van der Waals surface area (Å²) < 4.78 is 0. The van der Waals surface area contributed by atoms with E-state index in [1.807, 2.05) is 42.5 Å². The van der Waals surface area contributed by atoms with Gasteiger partial charge in [0.05, 0.1) is 23.7 Å². The van der Waals surface area contributed by atoms with E-state index >= 15 is 0 Å². The molecule has 0 spiro atoms. The van der Waals surface area contributed by atoms with Crippen LogP contribution in [0.4, 0.5) is 5.82 Å². The first-order valence-electron chi connectivity index (χ1n) is 9.99. The van der Waals surface area contributed by atoms with Crippen LogP contribution in [0.1, 0.15) is 28.8 Å². The monoisotopic (exact) mass is 391 g/mol. The van der Waals surface area contributed by atoms with Crippen LogP contribution in [0.25, 0.3) is 10.9 Å². The van der Waals surface area contributed by atoms with Gasteiger partial charge in [-0.15, -0.1) is 0 Å². The molecule has 150 valence electrons. The molecule has 29 heavy (non-hydrogen) atoms. The maximum Gasteiger partial charge on any atom is 0.252 e. The van der Waals surface area contributed by atoms with Crippen LogP contribution in [0.2, 0.25) is 0 Å². The molecule has 0 aliphatic carbocycles. The molecule has 0 radical (unpaired) electrons. The lowest BCUT2D eigenvalue weighted by Gasteiger charge is -2.25. The number of aromatic nitrogens is 1. The molecular formula is C23H25N3O3. The minimum Gasteiger partial charge on any atom is -0.508 e. The van der Waals surface area contributed by atoms with Crippen molar-refractivity contribution in [3.63, 3.8) is 0 Å². The van der Waals surface area contributed by atoms with Gasteiger partial charge in [-0.2, -0.15) is 0 Å². The molecule has 0 bridgehead atoms. The quantitative estimate of drug-likeness (QED) is 0.602. The van der Waals surface area contributed by atoms with Gasteiger partial charge in [0, 0.05) is 18.5 Å². The third kappa shape index (κ3) is 4.17. The number of carbonyl (C=O) groups is 1. The second-order valence-electron chi connectivity index (χ2n) is 7.39. The fourth-order valence-electron chi connectivity index (χ4n) is 3.90. The largest absolute Gasteiger partial charge is 0.508 e. The Balaban J connectivity index is 1.56. The minimum atomic E-state index is -0.136. The second-order valence-corrected chi connectivity index (χ2v) is 7.39. The van der Waals surface area contributed by atoms with Crippen LogP contribution in [-0.4, -0.2) is 46.8 Å². The van der Waals surface area contributed by atoms with Gasteiger partial charge in [-0.1, -0.05) is 30.3 Å². The number of hydrogen-bond acceptors (Lipinski definition) is 5. The molecule has 1 atom stereocenters. The van der Waals surface area contributed by atoms with Crippen molar-refractivity contribution in [1.82, 2.24) is 10.3 Å². The van der Waals surface area contributed by atoms with E-state index in [-0.39, 0.29) is 24.3 Å². The molecule has 1 saturated heterocycles. The highest BCUT2D eigenvalue weighted by atomic mass is 16.3. The number of benzene rings is 2. The maximum absolute atomic E-state index is 13.0. The summed E-state index contributed by atoms with van der Waals surface area (Å²) in [6.07, 6.45) is 2.62. The molecular weight excluding hydrogens is 366 g/mol. The first-order chi connectivity index (χ1) is 14.2. The second kappa shape index (κ2) is 8.49. The van der Waals surface area contributed by atoms with Gasteiger partial charge in [-0.25, -0.2) is 4.98 Å². The highest BCUT2D eigenvalue weighted by Crippen LogP contribution is 2.28. The predicted octanol–water partition coefficient (Wildman–Crippen LogP) is 2.87. The van der Waals surface area contributed by atoms with Crippen molar-refractivity contribution in [3.8, 4) is 5.75 Å². The summed E-state index contributed by atoms with van der Waals surface area (Å²) in [6.45, 7) is 1.42. The molecule has 4 rings (SSSR count). The number of phenols is 1. The lowest BCUT2D eigenvalue weighted by molar-refractivity contribution is 0.0955. The highest BCUT2D eigenvalue weighted by molar-refractivity contribution is 6.07. The van der Waals surface area contributed by atoms with E-state index in [0.717, 1.165) is 41.7 Å². The number of carbonyl (C=O) groups excluding carboxylic acids is 1. The number of nitrogens with one attached hydrogen (secondary N) is 1. The molecule has 3 aromatic rings. The molecule has 0 saturated carbocycles. The van der Waals surface area contributed by atoms with Crippen LogP contribution in [0.5, 0.6) is 5.75 Å². The van der Waals surface area contributed by atoms with Gasteiger partial charge >= 0.3 is 0 Å². The van der Waals surface area contributed by atoms with Gasteiger partial charge in [0.1, 0.15) is 11.6 Å². The number of hydrogen-bond donors (Lipinski definition) is 3. The van der Waals surface area contributed by atoms with Crippen molar-refractivity contribution in [3.05, 3.63) is 65.7 Å². The van der Waals surface area contributed by atoms with E-state index < -0.39 is 0 Å². The number of anilines is 1. The Morgan fingerprint density at radius 3 is 2.76 bits per heavy atom. The Morgan fingerprint density at radius 1 is 1.17 bits per heavy atom. The Hall–Kier alpha value is -3.12. The van der Waals surface area contributed by atoms with Gasteiger partial charge < -0.3 is 20.4 Å². The summed E-state index contributed by atoms with van der Waals surface area (Å²) in [5.41, 5.74) is 2.42. The first kappa shape index (κ1) is 19.2. The molecule has 1 aliphatic heterocycles. The molecule has 1 unspecified atom stereocenters. The fraction of sp³-hybridized carbons (Fsp3) is 0.304. The number of fused-ring (bicyclic) bond motifs is 1. The van der Waals surface area contributed by atoms with Crippen molar-refractivity contribution in [2.24, 2.45) is 0 Å². The Kier molecular flexibility index (Phi) is 5.62. The number of aliphatic hydroxyl groups excluding tert-OH is 1. The zero-order chi connectivity index (χ0) is 20.2. The van der Waals surface area contributed by atoms with E-state index in [1.54, 1.807) is 12.1 Å². The number of phenolic OH excluding ortho intramolecular Hbond substituents is 1. The van der Waals surface area contributed by atoms with E-state index in [1.165, 1.54) is 0 Å². The lowest BCUT2D eigenvalue weighted by atomic mass is 10.1. The number of para-hydroxylation sites is 1. The predicted molar refractivity (Wildman–Crippen MR) is 113 cm³/mol. The number of pyridine rings is 1. The van der Waals surface area contributed by atoms with Crippen molar-refractivity contribution in [2.45, 2.75) is 25.3 Å². The Labute approximate surface area is 169 Å². The average Bonchev–Trinajstić information content (AvgIpc) is 3.23. The summed E-state index contributed by atoms with van der Waals surface area (Å²) in [5.74, 6) is 0.837. The third-order valence-electron chi connectivity index (χ3n) is 5.47. The fourth-order valence-corrected chi connectivity index (χ4v) is 3.90. The van der Waals surface area contributed by atoms with E-state index in [0.29, 0.717) is 18.5 Å². The van der Waals surface area contributed by atoms with Crippen LogP contribution in [-0.2, 0) is 6.42 Å². The van der Waals surface area contributed by atoms with Crippen LogP contribution >= 0.6 is 0 Å². The van der Waals surface area contributed by atoms with Gasteiger partial charge in [-0.3, -0.25) is 4.79 Å². The standard InChI is InChI=1S/C23H25N3O3/c27-15-17-4-3-13-26(17)22-14-20(19-5-1-2-6-21(19)25-22)23(29)24-12-11-16-7-9-18(28)10-8-16/h1-2,5-10,14,17,27-28H,3-4,11-13,15H2,(H,24,29). The molecule has 2 heterocycles. The zero-order valence-corrected chi connectivity index (χ0v) is 16.2. The van der Waals surface area contributed by atoms with Crippen molar-refractivity contribution in [2.75, 3.05) is 24.6 Å². The topological polar surface area (TPSA) is 85.7 Å². The van der Waals surface area contributed by atoms with E-state index in [2.05, 4.69) is 10.2 Å². The van der Waals surface area contributed by atoms with Crippen molar-refractivity contribution in [1.29, 1.82) is 0 Å². The van der Waals surface area contributed by atoms with E-state index in [9.17, 15) is 15.0 Å². The van der Waals surface area contributed by atoms with Crippen LogP contribution < -0.4 is 10.2 Å². The molecule has 1 fully saturated rings. The molecule has 1 amide bonds. The van der Waals surface area contributed by atoms with Crippen molar-refractivity contribution >= 4 is 22.6 Å². The smallest absolute Gasteiger partial charge is 0.252 e. The molecule has 6 nitrogen and oxygen atoms in total. The minimum absolute atomic E-state index is 0.0501. The SMILES string of the molecule is O=C(NCCc1ccc(O)cc1)c1cc(N2CCCC2CO)nc2ccccc12. The summed E-state index contributed by atoms with van der Waals surface area (Å²) in [6, 6.07) is 16.5. The van der Waals surface area contributed by atoms with Gasteiger partial charge in [0.2, 0.25) is 0 Å². The molecule has 3 N–H and O–H groups in total. The third-order valence-corrected chi connectivity index (χ3v) is 5.47. The van der Waals surface area contributed by atoms with Gasteiger partial charge in [0.25, 0.3) is 5.91 Å².